The van der Waals surface area contributed by atoms with Gasteiger partial charge in [-0.3, -0.25) is 18.4 Å². The molecule has 10 atom stereocenters. The molecule has 2 aliphatic heterocycles. The van der Waals surface area contributed by atoms with Crippen molar-refractivity contribution in [3.63, 3.8) is 0 Å². The molecular formula is C21H27N6O14P2+. The summed E-state index contributed by atoms with van der Waals surface area (Å²) in [5.74, 6) is 0.0546. The topological polar surface area (TPSA) is 292 Å². The molecule has 2 fully saturated rings. The maximum atomic E-state index is 12.4. The van der Waals surface area contributed by atoms with Gasteiger partial charge in [-0.25, -0.2) is 24.1 Å². The second kappa shape index (κ2) is 12.3. The number of aliphatic hydroxyl groups is 4. The molecule has 2 aliphatic rings. The van der Waals surface area contributed by atoms with Gasteiger partial charge in [-0.2, -0.15) is 8.88 Å². The van der Waals surface area contributed by atoms with Crippen LogP contribution in [0.25, 0.3) is 11.2 Å². The Balaban J connectivity index is 1.16. The summed E-state index contributed by atoms with van der Waals surface area (Å²) in [6.07, 6.45) is -5.95. The number of imidazole rings is 1. The summed E-state index contributed by atoms with van der Waals surface area (Å²) in [4.78, 5) is 42.9. The number of pyridine rings is 1. The fourth-order valence-corrected chi connectivity index (χ4v) is 6.61. The summed E-state index contributed by atoms with van der Waals surface area (Å²) in [6.45, 7) is -1.76. The molecule has 20 nitrogen and oxygen atoms in total. The number of aromatic nitrogens is 5. The van der Waals surface area contributed by atoms with Crippen LogP contribution in [0.5, 0.6) is 0 Å². The van der Waals surface area contributed by atoms with Gasteiger partial charge in [0.2, 0.25) is 0 Å². The van der Waals surface area contributed by atoms with Crippen LogP contribution in [0.15, 0.2) is 37.2 Å². The first-order valence-electron chi connectivity index (χ1n) is 12.4. The predicted molar refractivity (Wildman–Crippen MR) is 136 cm³/mol. The van der Waals surface area contributed by atoms with Gasteiger partial charge in [0.05, 0.1) is 25.1 Å². The third-order valence-corrected chi connectivity index (χ3v) is 9.22. The third-order valence-electron chi connectivity index (χ3n) is 6.62. The normalized spacial score (nSPS) is 32.0. The van der Waals surface area contributed by atoms with Crippen molar-refractivity contribution < 1.29 is 71.5 Å². The van der Waals surface area contributed by atoms with Gasteiger partial charge in [0.1, 0.15) is 42.4 Å². The number of ether oxygens (including phenoxy) is 2. The van der Waals surface area contributed by atoms with Gasteiger partial charge in [-0.15, -0.1) is 0 Å². The summed E-state index contributed by atoms with van der Waals surface area (Å²) in [7, 11) is -10.7. The van der Waals surface area contributed by atoms with Gasteiger partial charge in [0.25, 0.3) is 6.23 Å². The predicted octanol–water partition coefficient (Wildman–Crippen LogP) is -2.30. The number of nitrogen functional groups attached to an aromatic ring is 1. The standard InChI is InChI=1S/C21H26N6O14P2/c22-18-13-19(24-8-23-18)27(9-25-13)21-17(32)15(30)12(40-21)7-38-43(35,36)41-42(33,34)37-6-11-14(29)16(31)20(39-11)26-3-1-2-10(4-26)5-28/h1-5,8-9,11-12,14-17,20-21,29-32H,6-7H2,(H3-,22,23,24,33,34,35,36)/p+1/t11-,12+,14+,15-,16-,17-,20-,21+/m0/s1. The number of carbonyl (C=O) groups is 1. The maximum Gasteiger partial charge on any atom is 0.481 e. The Morgan fingerprint density at radius 1 is 0.977 bits per heavy atom. The number of rotatable bonds is 11. The maximum absolute atomic E-state index is 12.4. The Kier molecular flexibility index (Phi) is 9.04. The molecule has 0 saturated carbocycles. The van der Waals surface area contributed by atoms with Crippen LogP contribution in [-0.2, 0) is 32.0 Å². The molecule has 2 saturated heterocycles. The highest BCUT2D eigenvalue weighted by Gasteiger charge is 2.50. The molecule has 43 heavy (non-hydrogen) atoms. The molecule has 5 rings (SSSR count). The van der Waals surface area contributed by atoms with Crippen molar-refractivity contribution in [2.45, 2.75) is 49.1 Å². The quantitative estimate of drug-likeness (QED) is 0.0652. The molecular weight excluding hydrogens is 622 g/mol. The number of fused-ring (bicyclic) bond motifs is 1. The number of nitrogens with two attached hydrogens (primary N) is 1. The lowest BCUT2D eigenvalue weighted by molar-refractivity contribution is -0.765. The zero-order chi connectivity index (χ0) is 31.1. The van der Waals surface area contributed by atoms with E-state index in [2.05, 4.69) is 23.8 Å². The Bertz CT molecular complexity index is 1580. The Hall–Kier alpha value is -2.81. The summed E-state index contributed by atoms with van der Waals surface area (Å²) in [6, 6.07) is 2.98. The van der Waals surface area contributed by atoms with Crippen LogP contribution in [0.1, 0.15) is 22.8 Å². The number of phosphoric ester groups is 2. The van der Waals surface area contributed by atoms with E-state index in [1.54, 1.807) is 0 Å². The van der Waals surface area contributed by atoms with Crippen molar-refractivity contribution in [1.29, 1.82) is 0 Å². The van der Waals surface area contributed by atoms with Gasteiger partial charge in [-0.1, -0.05) is 0 Å². The van der Waals surface area contributed by atoms with Gasteiger partial charge < -0.3 is 45.4 Å². The van der Waals surface area contributed by atoms with Crippen LogP contribution in [-0.4, -0.2) is 106 Å². The minimum Gasteiger partial charge on any atom is -0.387 e. The van der Waals surface area contributed by atoms with Crippen molar-refractivity contribution in [2.75, 3.05) is 18.9 Å². The lowest BCUT2D eigenvalue weighted by Gasteiger charge is -2.20. The Labute approximate surface area is 241 Å². The van der Waals surface area contributed by atoms with E-state index in [1.165, 1.54) is 40.0 Å². The fraction of sp³-hybridized carbons (Fsp3) is 0.476. The number of hydrogen-bond donors (Lipinski definition) is 7. The second-order valence-corrected chi connectivity index (χ2v) is 12.5. The zero-order valence-corrected chi connectivity index (χ0v) is 23.5. The minimum absolute atomic E-state index is 0.0546. The molecule has 3 aromatic rings. The molecule has 5 heterocycles. The molecule has 0 aromatic carbocycles. The first-order valence-corrected chi connectivity index (χ1v) is 15.4. The number of aldehydes is 1. The van der Waals surface area contributed by atoms with E-state index in [-0.39, 0.29) is 22.5 Å². The molecule has 0 radical (unpaired) electrons. The van der Waals surface area contributed by atoms with E-state index in [9.17, 15) is 44.1 Å². The SMILES string of the molecule is Nc1ncnc2c1ncn2[C@@H]1O[C@H](COP(=O)(O)OP(=O)(O)OC[C@@H]2O[C@H]([n+]3cccc(C=O)c3)[C@@H](O)[C@@H]2O)[C@H](O)[C@@H]1O. The first-order chi connectivity index (χ1) is 20.3. The number of nitrogens with zero attached hydrogens (tertiary/aromatic N) is 5. The van der Waals surface area contributed by atoms with Crippen LogP contribution < -0.4 is 10.3 Å². The lowest BCUT2D eigenvalue weighted by Crippen LogP contribution is -2.46. The van der Waals surface area contributed by atoms with E-state index in [0.717, 1.165) is 6.33 Å². The summed E-state index contributed by atoms with van der Waals surface area (Å²) < 4.78 is 52.0. The molecule has 3 aromatic heterocycles. The van der Waals surface area contributed by atoms with E-state index in [1.807, 2.05) is 0 Å². The van der Waals surface area contributed by atoms with Crippen LogP contribution >= 0.6 is 15.6 Å². The van der Waals surface area contributed by atoms with Crippen LogP contribution in [0, 0.1) is 0 Å². The van der Waals surface area contributed by atoms with Crippen LogP contribution in [0.2, 0.25) is 0 Å². The van der Waals surface area contributed by atoms with Gasteiger partial charge in [-0.05, 0) is 6.07 Å². The number of phosphoric acid groups is 2. The average Bonchev–Trinajstić information content (AvgIpc) is 3.61. The second-order valence-electron chi connectivity index (χ2n) is 9.49. The van der Waals surface area contributed by atoms with Crippen molar-refractivity contribution in [3.05, 3.63) is 42.7 Å². The summed E-state index contributed by atoms with van der Waals surface area (Å²) in [5.41, 5.74) is 6.36. The molecule has 234 valence electrons. The van der Waals surface area contributed by atoms with Gasteiger partial charge in [0, 0.05) is 6.07 Å². The zero-order valence-electron chi connectivity index (χ0n) is 21.7. The van der Waals surface area contributed by atoms with E-state index < -0.39 is 77.9 Å². The van der Waals surface area contributed by atoms with Crippen molar-refractivity contribution >= 4 is 38.9 Å². The average molecular weight is 649 g/mol. The number of aliphatic hydroxyl groups excluding tert-OH is 4. The molecule has 0 spiro atoms. The fourth-order valence-electron chi connectivity index (χ4n) is 4.52. The Morgan fingerprint density at radius 3 is 2.30 bits per heavy atom. The number of carbonyl (C=O) groups excluding carboxylic acids is 1. The van der Waals surface area contributed by atoms with Gasteiger partial charge >= 0.3 is 15.6 Å². The first kappa shape index (κ1) is 31.6. The Morgan fingerprint density at radius 2 is 1.63 bits per heavy atom. The van der Waals surface area contributed by atoms with E-state index >= 15 is 0 Å². The molecule has 0 bridgehead atoms. The monoisotopic (exact) mass is 649 g/mol. The number of hydrogen-bond acceptors (Lipinski definition) is 16. The highest BCUT2D eigenvalue weighted by molar-refractivity contribution is 7.61. The van der Waals surface area contributed by atoms with Crippen molar-refractivity contribution in [2.24, 2.45) is 0 Å². The van der Waals surface area contributed by atoms with Crippen LogP contribution in [0.3, 0.4) is 0 Å². The van der Waals surface area contributed by atoms with E-state index in [0.29, 0.717) is 6.29 Å². The largest absolute Gasteiger partial charge is 0.481 e. The van der Waals surface area contributed by atoms with Gasteiger partial charge in [0.15, 0.2) is 42.5 Å². The summed E-state index contributed by atoms with van der Waals surface area (Å²) >= 11 is 0. The van der Waals surface area contributed by atoms with E-state index in [4.69, 9.17) is 19.7 Å². The highest BCUT2D eigenvalue weighted by Crippen LogP contribution is 2.60. The molecule has 0 aliphatic carbocycles. The molecule has 2 unspecified atom stereocenters. The molecule has 0 amide bonds. The highest BCUT2D eigenvalue weighted by atomic mass is 31.3. The van der Waals surface area contributed by atoms with Crippen LogP contribution in [0.4, 0.5) is 5.82 Å². The third kappa shape index (κ3) is 6.66. The minimum atomic E-state index is -5.35. The smallest absolute Gasteiger partial charge is 0.387 e. The molecule has 22 heteroatoms. The molecule has 8 N–H and O–H groups in total. The summed E-state index contributed by atoms with van der Waals surface area (Å²) in [5, 5.41) is 41.5. The lowest BCUT2D eigenvalue weighted by atomic mass is 10.1. The number of anilines is 1. The van der Waals surface area contributed by atoms with Crippen molar-refractivity contribution in [3.8, 4) is 0 Å². The van der Waals surface area contributed by atoms with Crippen molar-refractivity contribution in [1.82, 2.24) is 19.5 Å².